The third kappa shape index (κ3) is 4.01. The van der Waals surface area contributed by atoms with Crippen LogP contribution in [0, 0.1) is 18.3 Å². The van der Waals surface area contributed by atoms with Crippen LogP contribution < -0.4 is 5.73 Å². The molecule has 4 aromatic rings. The molecule has 0 bridgehead atoms. The number of nitriles is 1. The van der Waals surface area contributed by atoms with Crippen molar-refractivity contribution in [2.45, 2.75) is 19.3 Å². The van der Waals surface area contributed by atoms with Crippen molar-refractivity contribution in [3.05, 3.63) is 100 Å². The fraction of sp³-hybridized carbons (Fsp3) is 0.154. The zero-order valence-electron chi connectivity index (χ0n) is 17.5. The maximum Gasteiger partial charge on any atom is 0.337 e. The van der Waals surface area contributed by atoms with Gasteiger partial charge in [0.25, 0.3) is 0 Å². The summed E-state index contributed by atoms with van der Waals surface area (Å²) in [6.07, 6.45) is 2.73. The normalized spacial score (nSPS) is 11.8. The lowest BCUT2D eigenvalue weighted by atomic mass is 9.83. The summed E-state index contributed by atoms with van der Waals surface area (Å²) in [5.41, 5.74) is 13.3. The van der Waals surface area contributed by atoms with E-state index < -0.39 is 0 Å². The Morgan fingerprint density at radius 2 is 1.97 bits per heavy atom. The minimum absolute atomic E-state index is 0.0104. The fourth-order valence-corrected chi connectivity index (χ4v) is 4.15. The van der Waals surface area contributed by atoms with Crippen LogP contribution in [0.3, 0.4) is 0 Å². The first-order chi connectivity index (χ1) is 15.0. The number of hydrogen-bond donors (Lipinski definition) is 2. The Hall–Kier alpha value is -4.04. The molecule has 0 saturated carbocycles. The number of esters is 1. The molecule has 31 heavy (non-hydrogen) atoms. The van der Waals surface area contributed by atoms with E-state index in [0.29, 0.717) is 23.2 Å². The third-order valence-corrected chi connectivity index (χ3v) is 5.68. The summed E-state index contributed by atoms with van der Waals surface area (Å²) in [5.74, 6) is -0.344. The molecule has 1 heterocycles. The van der Waals surface area contributed by atoms with E-state index in [1.807, 2.05) is 61.7 Å². The van der Waals surface area contributed by atoms with Crippen molar-refractivity contribution < 1.29 is 9.53 Å². The second-order valence-corrected chi connectivity index (χ2v) is 7.68. The Labute approximate surface area is 181 Å². The van der Waals surface area contributed by atoms with E-state index in [2.05, 4.69) is 11.1 Å². The van der Waals surface area contributed by atoms with Gasteiger partial charge in [-0.15, -0.1) is 0 Å². The quantitative estimate of drug-likeness (QED) is 0.355. The molecule has 154 valence electrons. The lowest BCUT2D eigenvalue weighted by molar-refractivity contribution is 0.0600. The molecule has 0 aliphatic rings. The van der Waals surface area contributed by atoms with E-state index in [-0.39, 0.29) is 11.9 Å². The third-order valence-electron chi connectivity index (χ3n) is 5.68. The van der Waals surface area contributed by atoms with Gasteiger partial charge in [-0.05, 0) is 78.1 Å². The van der Waals surface area contributed by atoms with Crippen molar-refractivity contribution >= 4 is 22.6 Å². The summed E-state index contributed by atoms with van der Waals surface area (Å²) in [5, 5.41) is 10.4. The number of nitrogens with two attached hydrogens (primary N) is 1. The summed E-state index contributed by atoms with van der Waals surface area (Å²) in [6.45, 7) is 2.00. The van der Waals surface area contributed by atoms with Crippen LogP contribution in [0.1, 0.15) is 44.1 Å². The molecule has 1 aromatic heterocycles. The fourth-order valence-electron chi connectivity index (χ4n) is 4.15. The van der Waals surface area contributed by atoms with E-state index in [4.69, 9.17) is 10.5 Å². The molecule has 5 nitrogen and oxygen atoms in total. The van der Waals surface area contributed by atoms with E-state index in [0.717, 1.165) is 33.2 Å². The number of nitrogen functional groups attached to an aromatic ring is 1. The Bertz CT molecular complexity index is 1310. The van der Waals surface area contributed by atoms with Crippen molar-refractivity contribution in [1.29, 1.82) is 5.26 Å². The van der Waals surface area contributed by atoms with Crippen LogP contribution >= 0.6 is 0 Å². The van der Waals surface area contributed by atoms with Gasteiger partial charge in [-0.3, -0.25) is 0 Å². The van der Waals surface area contributed by atoms with Gasteiger partial charge >= 0.3 is 5.97 Å². The second-order valence-electron chi connectivity index (χ2n) is 7.68. The molecular weight excluding hydrogens is 386 g/mol. The lowest BCUT2D eigenvalue weighted by Gasteiger charge is -2.20. The topological polar surface area (TPSA) is 91.9 Å². The Kier molecular flexibility index (Phi) is 5.46. The number of carbonyl (C=O) groups is 1. The summed E-state index contributed by atoms with van der Waals surface area (Å²) in [7, 11) is 1.38. The number of ether oxygens (including phenoxy) is 1. The number of rotatable bonds is 5. The molecule has 4 rings (SSSR count). The average molecular weight is 409 g/mol. The summed E-state index contributed by atoms with van der Waals surface area (Å²) >= 11 is 0. The standard InChI is InChI=1S/C26H23N3O2/c1-16-10-19(26(30)31-2)6-8-21(16)22(12-17-4-3-5-18(11-17)14-27)24-15-29-25-9-7-20(28)13-23(24)25/h3-11,13,15,22,29H,12,28H2,1-2H3. The zero-order chi connectivity index (χ0) is 22.0. The van der Waals surface area contributed by atoms with Crippen LogP contribution in [0.4, 0.5) is 5.69 Å². The van der Waals surface area contributed by atoms with Crippen LogP contribution in [-0.2, 0) is 11.2 Å². The molecular formula is C26H23N3O2. The van der Waals surface area contributed by atoms with Gasteiger partial charge in [0.05, 0.1) is 24.3 Å². The van der Waals surface area contributed by atoms with Gasteiger partial charge in [0.1, 0.15) is 0 Å². The molecule has 0 aliphatic heterocycles. The van der Waals surface area contributed by atoms with Crippen LogP contribution in [0.25, 0.3) is 10.9 Å². The van der Waals surface area contributed by atoms with Gasteiger partial charge in [0.2, 0.25) is 0 Å². The SMILES string of the molecule is COC(=O)c1ccc(C(Cc2cccc(C#N)c2)c2c[nH]c3ccc(N)cc23)c(C)c1. The number of anilines is 1. The Morgan fingerprint density at radius 3 is 2.71 bits per heavy atom. The molecule has 3 N–H and O–H groups in total. The van der Waals surface area contributed by atoms with E-state index >= 15 is 0 Å². The highest BCUT2D eigenvalue weighted by Gasteiger charge is 2.22. The van der Waals surface area contributed by atoms with Gasteiger partial charge in [-0.1, -0.05) is 18.2 Å². The molecule has 1 unspecified atom stereocenters. The van der Waals surface area contributed by atoms with Crippen molar-refractivity contribution in [2.24, 2.45) is 0 Å². The smallest absolute Gasteiger partial charge is 0.337 e. The number of methoxy groups -OCH3 is 1. The highest BCUT2D eigenvalue weighted by atomic mass is 16.5. The molecule has 3 aromatic carbocycles. The van der Waals surface area contributed by atoms with Gasteiger partial charge in [0, 0.05) is 28.7 Å². The molecule has 5 heteroatoms. The number of nitrogens with zero attached hydrogens (tertiary/aromatic N) is 1. The number of fused-ring (bicyclic) bond motifs is 1. The van der Waals surface area contributed by atoms with Gasteiger partial charge in [-0.2, -0.15) is 5.26 Å². The summed E-state index contributed by atoms with van der Waals surface area (Å²) in [4.78, 5) is 15.3. The van der Waals surface area contributed by atoms with E-state index in [9.17, 15) is 10.1 Å². The predicted molar refractivity (Wildman–Crippen MR) is 122 cm³/mol. The molecule has 0 fully saturated rings. The van der Waals surface area contributed by atoms with Crippen LogP contribution in [0.2, 0.25) is 0 Å². The van der Waals surface area contributed by atoms with Crippen LogP contribution in [-0.4, -0.2) is 18.1 Å². The maximum atomic E-state index is 12.0. The van der Waals surface area contributed by atoms with Crippen LogP contribution in [0.5, 0.6) is 0 Å². The van der Waals surface area contributed by atoms with E-state index in [1.54, 1.807) is 12.1 Å². The number of aromatic amines is 1. The van der Waals surface area contributed by atoms with Crippen molar-refractivity contribution in [3.63, 3.8) is 0 Å². The first-order valence-corrected chi connectivity index (χ1v) is 10.0. The van der Waals surface area contributed by atoms with Crippen molar-refractivity contribution in [1.82, 2.24) is 4.98 Å². The van der Waals surface area contributed by atoms with Gasteiger partial charge < -0.3 is 15.5 Å². The number of aryl methyl sites for hydroxylation is 1. The average Bonchev–Trinajstić information content (AvgIpc) is 3.20. The van der Waals surface area contributed by atoms with Crippen molar-refractivity contribution in [2.75, 3.05) is 12.8 Å². The minimum Gasteiger partial charge on any atom is -0.465 e. The molecule has 0 spiro atoms. The molecule has 0 saturated heterocycles. The monoisotopic (exact) mass is 409 g/mol. The van der Waals surface area contributed by atoms with Crippen molar-refractivity contribution in [3.8, 4) is 6.07 Å². The minimum atomic E-state index is -0.354. The highest BCUT2D eigenvalue weighted by Crippen LogP contribution is 2.36. The lowest BCUT2D eigenvalue weighted by Crippen LogP contribution is -2.09. The number of H-pyrrole nitrogens is 1. The Balaban J connectivity index is 1.85. The Morgan fingerprint density at radius 1 is 1.13 bits per heavy atom. The second kappa shape index (κ2) is 8.37. The summed E-state index contributed by atoms with van der Waals surface area (Å²) < 4.78 is 4.87. The number of aromatic nitrogens is 1. The largest absolute Gasteiger partial charge is 0.465 e. The summed E-state index contributed by atoms with van der Waals surface area (Å²) in [6, 6.07) is 21.4. The van der Waals surface area contributed by atoms with Crippen LogP contribution in [0.15, 0.2) is 66.9 Å². The maximum absolute atomic E-state index is 12.0. The van der Waals surface area contributed by atoms with Gasteiger partial charge in [0.15, 0.2) is 0 Å². The molecule has 0 amide bonds. The number of carbonyl (C=O) groups excluding carboxylic acids is 1. The molecule has 1 atom stereocenters. The highest BCUT2D eigenvalue weighted by molar-refractivity contribution is 5.90. The zero-order valence-corrected chi connectivity index (χ0v) is 17.5. The predicted octanol–water partition coefficient (Wildman–Crippen LogP) is 5.09. The first kappa shape index (κ1) is 20.2. The number of benzene rings is 3. The van der Waals surface area contributed by atoms with Gasteiger partial charge in [-0.25, -0.2) is 4.79 Å². The van der Waals surface area contributed by atoms with E-state index in [1.165, 1.54) is 7.11 Å². The number of hydrogen-bond acceptors (Lipinski definition) is 4. The number of nitrogens with one attached hydrogen (secondary N) is 1. The molecule has 0 radical (unpaired) electrons. The first-order valence-electron chi connectivity index (χ1n) is 10.0. The molecule has 0 aliphatic carbocycles.